The van der Waals surface area contributed by atoms with Gasteiger partial charge in [0.15, 0.2) is 11.5 Å². The number of nitrogens with one attached hydrogen (secondary N) is 1. The number of aryl methyl sites for hydroxylation is 1. The fraction of sp³-hybridized carbons (Fsp3) is 0.538. The summed E-state index contributed by atoms with van der Waals surface area (Å²) < 4.78 is 23.4. The Hall–Kier alpha value is -1.99. The van der Waals surface area contributed by atoms with Crippen molar-refractivity contribution in [1.82, 2.24) is 10.2 Å². The average molecular weight is 473 g/mol. The highest BCUT2D eigenvalue weighted by Crippen LogP contribution is 2.33. The van der Waals surface area contributed by atoms with Gasteiger partial charge in [-0.2, -0.15) is 0 Å². The molecule has 0 aliphatic carbocycles. The molecule has 5 rings (SSSR count). The lowest BCUT2D eigenvalue weighted by atomic mass is 10.0. The Balaban J connectivity index is 1.22. The first-order chi connectivity index (χ1) is 16.1. The van der Waals surface area contributed by atoms with E-state index < -0.39 is 0 Å². The summed E-state index contributed by atoms with van der Waals surface area (Å²) in [6, 6.07) is 12.4. The molecule has 3 aliphatic rings. The summed E-state index contributed by atoms with van der Waals surface area (Å²) in [5.41, 5.74) is 2.05. The molecule has 1 N–H and O–H groups in total. The monoisotopic (exact) mass is 472 g/mol. The number of likely N-dealkylation sites (tertiary alicyclic amines) is 1. The molecule has 2 aromatic carbocycles. The summed E-state index contributed by atoms with van der Waals surface area (Å²) in [6.07, 6.45) is 4.24. The van der Waals surface area contributed by atoms with E-state index in [0.29, 0.717) is 31.5 Å². The molecule has 3 aliphatic heterocycles. The Morgan fingerprint density at radius 2 is 1.88 bits per heavy atom. The summed E-state index contributed by atoms with van der Waals surface area (Å²) in [5, 5.41) is 4.47. The third-order valence-electron chi connectivity index (χ3n) is 6.58. The highest BCUT2D eigenvalue weighted by Gasteiger charge is 2.46. The van der Waals surface area contributed by atoms with E-state index in [1.54, 1.807) is 0 Å². The largest absolute Gasteiger partial charge is 0.492 e. The molecule has 0 amide bonds. The molecule has 0 saturated carbocycles. The minimum Gasteiger partial charge on any atom is -0.492 e. The topological polar surface area (TPSA) is 55.5 Å². The van der Waals surface area contributed by atoms with E-state index in [4.69, 9.17) is 30.5 Å². The van der Waals surface area contributed by atoms with Crippen molar-refractivity contribution in [3.8, 4) is 17.2 Å². The molecule has 2 fully saturated rings. The molecule has 7 heteroatoms. The summed E-state index contributed by atoms with van der Waals surface area (Å²) in [7, 11) is 0. The number of epoxide rings is 1. The zero-order valence-corrected chi connectivity index (χ0v) is 20.0. The Morgan fingerprint density at radius 3 is 2.67 bits per heavy atom. The number of rotatable bonds is 10. The molecule has 178 valence electrons. The van der Waals surface area contributed by atoms with Gasteiger partial charge < -0.3 is 23.8 Å². The van der Waals surface area contributed by atoms with Crippen molar-refractivity contribution in [3.05, 3.63) is 52.5 Å². The number of ether oxygens (including phenoxy) is 4. The van der Waals surface area contributed by atoms with Crippen LogP contribution >= 0.6 is 11.6 Å². The first-order valence-electron chi connectivity index (χ1n) is 12.0. The minimum absolute atomic E-state index is 0.274. The predicted molar refractivity (Wildman–Crippen MR) is 129 cm³/mol. The predicted octanol–water partition coefficient (Wildman–Crippen LogP) is 4.21. The molecule has 6 nitrogen and oxygen atoms in total. The molecule has 2 unspecified atom stereocenters. The van der Waals surface area contributed by atoms with Gasteiger partial charge in [0, 0.05) is 19.0 Å². The number of benzene rings is 2. The third kappa shape index (κ3) is 5.93. The van der Waals surface area contributed by atoms with Crippen molar-refractivity contribution in [2.45, 2.75) is 44.4 Å². The maximum Gasteiger partial charge on any atom is 0.161 e. The molecule has 3 heterocycles. The van der Waals surface area contributed by atoms with Crippen LogP contribution in [0.25, 0.3) is 0 Å². The molecule has 0 radical (unpaired) electrons. The van der Waals surface area contributed by atoms with Gasteiger partial charge in [0.2, 0.25) is 0 Å². The standard InChI is InChI=1S/C26H33ClN2O4/c1-19-4-6-22(27)24(14-19)30-11-8-26(18-33-26)28-21(17-29-9-2-3-10-29)15-20-5-7-23-25(16-20)32-13-12-31-23/h4-7,14,16,21,28H,2-3,8-13,15,17-18H2,1H3. The van der Waals surface area contributed by atoms with Gasteiger partial charge in [0.25, 0.3) is 0 Å². The lowest BCUT2D eigenvalue weighted by molar-refractivity contribution is 0.165. The highest BCUT2D eigenvalue weighted by atomic mass is 35.5. The molecule has 2 aromatic rings. The van der Waals surface area contributed by atoms with E-state index in [2.05, 4.69) is 22.3 Å². The van der Waals surface area contributed by atoms with Crippen LogP contribution in [0, 0.1) is 6.92 Å². The van der Waals surface area contributed by atoms with Gasteiger partial charge in [-0.3, -0.25) is 5.32 Å². The van der Waals surface area contributed by atoms with E-state index in [0.717, 1.165) is 42.2 Å². The highest BCUT2D eigenvalue weighted by molar-refractivity contribution is 6.32. The van der Waals surface area contributed by atoms with Crippen LogP contribution in [0.3, 0.4) is 0 Å². The van der Waals surface area contributed by atoms with Gasteiger partial charge in [-0.1, -0.05) is 23.7 Å². The van der Waals surface area contributed by atoms with Crippen molar-refractivity contribution in [3.63, 3.8) is 0 Å². The molecule has 0 bridgehead atoms. The van der Waals surface area contributed by atoms with E-state index >= 15 is 0 Å². The third-order valence-corrected chi connectivity index (χ3v) is 6.89. The van der Waals surface area contributed by atoms with Crippen molar-refractivity contribution >= 4 is 11.6 Å². The van der Waals surface area contributed by atoms with Gasteiger partial charge in [0.1, 0.15) is 24.7 Å². The van der Waals surface area contributed by atoms with Crippen LogP contribution in [0.1, 0.15) is 30.4 Å². The Bertz CT molecular complexity index is 959. The fourth-order valence-electron chi connectivity index (χ4n) is 4.74. The second-order valence-electron chi connectivity index (χ2n) is 9.35. The van der Waals surface area contributed by atoms with Gasteiger partial charge in [-0.25, -0.2) is 0 Å². The van der Waals surface area contributed by atoms with Crippen molar-refractivity contribution in [1.29, 1.82) is 0 Å². The molecule has 33 heavy (non-hydrogen) atoms. The minimum atomic E-state index is -0.325. The lowest BCUT2D eigenvalue weighted by Crippen LogP contribution is -2.48. The number of nitrogens with zero attached hydrogens (tertiary/aromatic N) is 1. The SMILES string of the molecule is Cc1ccc(Cl)c(OCCC2(NC(Cc3ccc4c(c3)OCCO4)CN3CCCC3)CO2)c1. The quantitative estimate of drug-likeness (QED) is 0.523. The molecule has 0 aromatic heterocycles. The normalized spacial score (nSPS) is 22.8. The maximum absolute atomic E-state index is 6.29. The summed E-state index contributed by atoms with van der Waals surface area (Å²) in [5.74, 6) is 2.42. The number of halogens is 1. The first kappa shape index (κ1) is 22.8. The number of hydrogen-bond acceptors (Lipinski definition) is 6. The van der Waals surface area contributed by atoms with Crippen molar-refractivity contribution in [2.24, 2.45) is 0 Å². The summed E-state index contributed by atoms with van der Waals surface area (Å²) >= 11 is 6.29. The zero-order chi connectivity index (χ0) is 22.7. The molecule has 0 spiro atoms. The molecular formula is C26H33ClN2O4. The molecule has 2 saturated heterocycles. The van der Waals surface area contributed by atoms with E-state index in [1.807, 2.05) is 31.2 Å². The maximum atomic E-state index is 6.29. The van der Waals surface area contributed by atoms with Gasteiger partial charge in [0.05, 0.1) is 18.2 Å². The molecular weight excluding hydrogens is 440 g/mol. The van der Waals surface area contributed by atoms with Crippen LogP contribution in [0.15, 0.2) is 36.4 Å². The van der Waals surface area contributed by atoms with E-state index in [1.165, 1.54) is 31.5 Å². The van der Waals surface area contributed by atoms with E-state index in [-0.39, 0.29) is 11.8 Å². The Labute approximate surface area is 201 Å². The second kappa shape index (κ2) is 10.1. The number of fused-ring (bicyclic) bond motifs is 1. The van der Waals surface area contributed by atoms with Crippen LogP contribution in [0.5, 0.6) is 17.2 Å². The van der Waals surface area contributed by atoms with E-state index in [9.17, 15) is 0 Å². The Kier molecular flexibility index (Phi) is 6.97. The van der Waals surface area contributed by atoms with Crippen LogP contribution < -0.4 is 19.5 Å². The molecule has 2 atom stereocenters. The van der Waals surface area contributed by atoms with Gasteiger partial charge >= 0.3 is 0 Å². The summed E-state index contributed by atoms with van der Waals surface area (Å²) in [4.78, 5) is 2.55. The zero-order valence-electron chi connectivity index (χ0n) is 19.3. The Morgan fingerprint density at radius 1 is 1.09 bits per heavy atom. The fourth-order valence-corrected chi connectivity index (χ4v) is 4.92. The van der Waals surface area contributed by atoms with Crippen molar-refractivity contribution in [2.75, 3.05) is 46.1 Å². The lowest BCUT2D eigenvalue weighted by Gasteiger charge is -2.28. The van der Waals surface area contributed by atoms with Crippen molar-refractivity contribution < 1.29 is 18.9 Å². The smallest absolute Gasteiger partial charge is 0.161 e. The first-order valence-corrected chi connectivity index (χ1v) is 12.4. The van der Waals surface area contributed by atoms with Crippen LogP contribution in [-0.2, 0) is 11.2 Å². The van der Waals surface area contributed by atoms with Crippen LogP contribution in [0.2, 0.25) is 5.02 Å². The number of hydrogen-bond donors (Lipinski definition) is 1. The van der Waals surface area contributed by atoms with Crippen LogP contribution in [-0.4, -0.2) is 62.7 Å². The van der Waals surface area contributed by atoms with Gasteiger partial charge in [-0.05, 0) is 74.7 Å². The average Bonchev–Trinajstić information content (AvgIpc) is 3.37. The second-order valence-corrected chi connectivity index (χ2v) is 9.75. The van der Waals surface area contributed by atoms with Crippen LogP contribution in [0.4, 0.5) is 0 Å². The summed E-state index contributed by atoms with van der Waals surface area (Å²) in [6.45, 7) is 7.85. The van der Waals surface area contributed by atoms with Gasteiger partial charge in [-0.15, -0.1) is 0 Å².